The number of guanidine groups is 1. The van der Waals surface area contributed by atoms with Crippen molar-refractivity contribution in [3.05, 3.63) is 29.8 Å². The number of nitrogens with one attached hydrogen (secondary N) is 2. The number of carbonyl (C=O) groups excluding carboxylic acids is 1. The number of halogens is 4. The molecule has 0 bridgehead atoms. The molecule has 0 atom stereocenters. The largest absolute Gasteiger partial charge is 0.484 e. The van der Waals surface area contributed by atoms with E-state index in [9.17, 15) is 18.0 Å². The van der Waals surface area contributed by atoms with Crippen LogP contribution >= 0.6 is 24.0 Å². The number of benzene rings is 1. The number of hydrogen-bond donors (Lipinski definition) is 2. The third kappa shape index (κ3) is 13.5. The fourth-order valence-corrected chi connectivity index (χ4v) is 2.04. The summed E-state index contributed by atoms with van der Waals surface area (Å²) in [5.74, 6) is 0.508. The number of likely N-dealkylation sites (N-methyl/N-ethyl adjacent to an activating group) is 1. The van der Waals surface area contributed by atoms with Crippen LogP contribution < -0.4 is 15.4 Å². The number of amides is 1. The minimum absolute atomic E-state index is 0. The standard InChI is InChI=1S/C19H29F3N4O3.HI/c1-4-28-11-5-10-23-18(25-13-17(27)26(2)3)24-12-15-6-8-16(9-7-15)29-14-19(20,21)22;/h6-9H,4-5,10-14H2,1-3H3,(H2,23,24,25);1H. The van der Waals surface area contributed by atoms with Gasteiger partial charge in [-0.3, -0.25) is 4.79 Å². The van der Waals surface area contributed by atoms with Crippen LogP contribution in [0.2, 0.25) is 0 Å². The molecule has 1 aromatic rings. The molecule has 0 saturated heterocycles. The van der Waals surface area contributed by atoms with Crippen LogP contribution in [-0.4, -0.2) is 69.9 Å². The highest BCUT2D eigenvalue weighted by Gasteiger charge is 2.28. The Bertz CT molecular complexity index is 641. The maximum atomic E-state index is 12.2. The Balaban J connectivity index is 0.00000841. The SMILES string of the molecule is CCOCCCNC(=NCc1ccc(OCC(F)(F)F)cc1)NCC(=O)N(C)C.I. The van der Waals surface area contributed by atoms with Gasteiger partial charge in [0.1, 0.15) is 5.75 Å². The first kappa shape index (κ1) is 28.2. The van der Waals surface area contributed by atoms with Crippen molar-refractivity contribution in [2.24, 2.45) is 4.99 Å². The molecular formula is C19H30F3IN4O3. The molecule has 0 spiro atoms. The lowest BCUT2D eigenvalue weighted by Crippen LogP contribution is -2.43. The van der Waals surface area contributed by atoms with Crippen molar-refractivity contribution in [3.63, 3.8) is 0 Å². The molecule has 30 heavy (non-hydrogen) atoms. The number of aliphatic imine (C=N–C) groups is 1. The smallest absolute Gasteiger partial charge is 0.422 e. The molecule has 0 unspecified atom stereocenters. The maximum absolute atomic E-state index is 12.2. The van der Waals surface area contributed by atoms with Crippen LogP contribution in [0.1, 0.15) is 18.9 Å². The Labute approximate surface area is 192 Å². The molecule has 2 N–H and O–H groups in total. The molecule has 0 saturated carbocycles. The van der Waals surface area contributed by atoms with E-state index >= 15 is 0 Å². The van der Waals surface area contributed by atoms with Crippen LogP contribution in [0.5, 0.6) is 5.75 Å². The van der Waals surface area contributed by atoms with E-state index in [2.05, 4.69) is 20.4 Å². The van der Waals surface area contributed by atoms with Gasteiger partial charge >= 0.3 is 6.18 Å². The van der Waals surface area contributed by atoms with E-state index in [1.54, 1.807) is 26.2 Å². The van der Waals surface area contributed by atoms with Gasteiger partial charge in [-0.1, -0.05) is 12.1 Å². The minimum Gasteiger partial charge on any atom is -0.484 e. The van der Waals surface area contributed by atoms with E-state index in [1.165, 1.54) is 17.0 Å². The van der Waals surface area contributed by atoms with E-state index < -0.39 is 12.8 Å². The molecule has 0 heterocycles. The fraction of sp³-hybridized carbons (Fsp3) is 0.579. The number of hydrogen-bond acceptors (Lipinski definition) is 4. The maximum Gasteiger partial charge on any atom is 0.422 e. The van der Waals surface area contributed by atoms with Crippen LogP contribution in [0, 0.1) is 0 Å². The quantitative estimate of drug-likeness (QED) is 0.193. The summed E-state index contributed by atoms with van der Waals surface area (Å²) in [6.07, 6.45) is -3.59. The van der Waals surface area contributed by atoms with Gasteiger partial charge in [0.25, 0.3) is 0 Å². The Hall–Kier alpha value is -1.76. The molecule has 1 aromatic carbocycles. The molecule has 1 amide bonds. The number of nitrogens with zero attached hydrogens (tertiary/aromatic N) is 2. The molecule has 0 radical (unpaired) electrons. The Kier molecular flexibility index (Phi) is 14.2. The predicted molar refractivity (Wildman–Crippen MR) is 120 cm³/mol. The lowest BCUT2D eigenvalue weighted by molar-refractivity contribution is -0.153. The van der Waals surface area contributed by atoms with Crippen LogP contribution in [-0.2, 0) is 16.1 Å². The molecule has 0 aliphatic carbocycles. The first-order chi connectivity index (χ1) is 13.7. The highest BCUT2D eigenvalue weighted by molar-refractivity contribution is 14.0. The molecule has 11 heteroatoms. The van der Waals surface area contributed by atoms with Crippen molar-refractivity contribution in [2.75, 3.05) is 47.0 Å². The van der Waals surface area contributed by atoms with Crippen molar-refractivity contribution >= 4 is 35.8 Å². The van der Waals surface area contributed by atoms with Crippen molar-refractivity contribution in [1.29, 1.82) is 0 Å². The third-order valence-corrected chi connectivity index (χ3v) is 3.61. The van der Waals surface area contributed by atoms with Gasteiger partial charge in [-0.15, -0.1) is 24.0 Å². The minimum atomic E-state index is -4.37. The van der Waals surface area contributed by atoms with Crippen molar-refractivity contribution < 1.29 is 27.4 Å². The Morgan fingerprint density at radius 1 is 1.17 bits per heavy atom. The summed E-state index contributed by atoms with van der Waals surface area (Å²) in [5, 5.41) is 6.10. The second-order valence-electron chi connectivity index (χ2n) is 6.33. The fourth-order valence-electron chi connectivity index (χ4n) is 2.04. The average Bonchev–Trinajstić information content (AvgIpc) is 2.67. The Morgan fingerprint density at radius 3 is 2.40 bits per heavy atom. The first-order valence-corrected chi connectivity index (χ1v) is 9.30. The highest BCUT2D eigenvalue weighted by Crippen LogP contribution is 2.19. The molecule has 172 valence electrons. The van der Waals surface area contributed by atoms with Crippen molar-refractivity contribution in [3.8, 4) is 5.75 Å². The molecule has 0 aromatic heterocycles. The number of alkyl halides is 3. The van der Waals surface area contributed by atoms with Gasteiger partial charge in [-0.2, -0.15) is 13.2 Å². The first-order valence-electron chi connectivity index (χ1n) is 9.30. The number of ether oxygens (including phenoxy) is 2. The molecule has 0 aliphatic rings. The monoisotopic (exact) mass is 546 g/mol. The van der Waals surface area contributed by atoms with E-state index in [0.717, 1.165) is 12.0 Å². The number of rotatable bonds is 11. The second-order valence-corrected chi connectivity index (χ2v) is 6.33. The van der Waals surface area contributed by atoms with Crippen molar-refractivity contribution in [2.45, 2.75) is 26.1 Å². The lowest BCUT2D eigenvalue weighted by atomic mass is 10.2. The summed E-state index contributed by atoms with van der Waals surface area (Å²) in [6.45, 7) is 2.86. The third-order valence-electron chi connectivity index (χ3n) is 3.61. The molecule has 0 aliphatic heterocycles. The van der Waals surface area contributed by atoms with Gasteiger partial charge in [0, 0.05) is 33.9 Å². The molecular weight excluding hydrogens is 516 g/mol. The van der Waals surface area contributed by atoms with E-state index in [0.29, 0.717) is 25.7 Å². The summed E-state index contributed by atoms with van der Waals surface area (Å²) >= 11 is 0. The summed E-state index contributed by atoms with van der Waals surface area (Å²) in [4.78, 5) is 17.7. The van der Waals surface area contributed by atoms with E-state index in [-0.39, 0.29) is 48.7 Å². The van der Waals surface area contributed by atoms with Gasteiger partial charge in [0.15, 0.2) is 12.6 Å². The van der Waals surface area contributed by atoms with Gasteiger partial charge in [-0.25, -0.2) is 4.99 Å². The van der Waals surface area contributed by atoms with Crippen LogP contribution in [0.25, 0.3) is 0 Å². The average molecular weight is 546 g/mol. The predicted octanol–water partition coefficient (Wildman–Crippen LogP) is 2.80. The van der Waals surface area contributed by atoms with E-state index in [4.69, 9.17) is 4.74 Å². The van der Waals surface area contributed by atoms with Gasteiger partial charge < -0.3 is 25.0 Å². The van der Waals surface area contributed by atoms with Crippen LogP contribution in [0.3, 0.4) is 0 Å². The summed E-state index contributed by atoms with van der Waals surface area (Å²) in [7, 11) is 3.33. The van der Waals surface area contributed by atoms with Gasteiger partial charge in [-0.05, 0) is 31.0 Å². The summed E-state index contributed by atoms with van der Waals surface area (Å²) in [6, 6.07) is 6.23. The summed E-state index contributed by atoms with van der Waals surface area (Å²) < 4.78 is 46.5. The molecule has 7 nitrogen and oxygen atoms in total. The van der Waals surface area contributed by atoms with Crippen LogP contribution in [0.15, 0.2) is 29.3 Å². The zero-order valence-corrected chi connectivity index (χ0v) is 19.8. The summed E-state index contributed by atoms with van der Waals surface area (Å²) in [5.41, 5.74) is 0.790. The van der Waals surface area contributed by atoms with Crippen LogP contribution in [0.4, 0.5) is 13.2 Å². The normalized spacial score (nSPS) is 11.5. The Morgan fingerprint density at radius 2 is 1.83 bits per heavy atom. The zero-order chi connectivity index (χ0) is 21.7. The molecule has 1 rings (SSSR count). The van der Waals surface area contributed by atoms with Gasteiger partial charge in [0.05, 0.1) is 13.1 Å². The topological polar surface area (TPSA) is 75.2 Å². The van der Waals surface area contributed by atoms with Crippen molar-refractivity contribution in [1.82, 2.24) is 15.5 Å². The second kappa shape index (κ2) is 15.1. The molecule has 0 fully saturated rings. The van der Waals surface area contributed by atoms with Gasteiger partial charge in [0.2, 0.25) is 5.91 Å². The zero-order valence-electron chi connectivity index (χ0n) is 17.4. The number of carbonyl (C=O) groups is 1. The highest BCUT2D eigenvalue weighted by atomic mass is 127. The van der Waals surface area contributed by atoms with E-state index in [1.807, 2.05) is 6.92 Å². The lowest BCUT2D eigenvalue weighted by Gasteiger charge is -2.15.